The molecule has 142 valence electrons. The van der Waals surface area contributed by atoms with Crippen molar-refractivity contribution in [2.24, 2.45) is 5.73 Å². The van der Waals surface area contributed by atoms with Crippen LogP contribution in [0.4, 0.5) is 10.5 Å². The summed E-state index contributed by atoms with van der Waals surface area (Å²) in [5, 5.41) is 4.75. The third-order valence-electron chi connectivity index (χ3n) is 3.16. The minimum atomic E-state index is -0.935. The lowest BCUT2D eigenvalue weighted by atomic mass is 10.2. The summed E-state index contributed by atoms with van der Waals surface area (Å²) < 4.78 is 9.55. The number of hydrogen-bond donors (Lipinski definition) is 3. The first-order valence-electron chi connectivity index (χ1n) is 7.57. The minimum absolute atomic E-state index is 0.169. The minimum Gasteiger partial charge on any atom is -0.465 e. The molecule has 0 aliphatic rings. The van der Waals surface area contributed by atoms with Gasteiger partial charge >= 0.3 is 18.0 Å². The average Bonchev–Trinajstić information content (AvgIpc) is 2.62. The van der Waals surface area contributed by atoms with Gasteiger partial charge in [0, 0.05) is 0 Å². The average molecular weight is 383 g/mol. The number of hydrogen-bond acceptors (Lipinski definition) is 7. The molecule has 0 heterocycles. The van der Waals surface area contributed by atoms with Crippen LogP contribution in [0.2, 0.25) is 0 Å². The highest BCUT2D eigenvalue weighted by Crippen LogP contribution is 2.15. The van der Waals surface area contributed by atoms with Crippen molar-refractivity contribution in [3.63, 3.8) is 0 Å². The number of carbonyl (C=O) groups is 4. The first-order valence-corrected chi connectivity index (χ1v) is 8.97. The summed E-state index contributed by atoms with van der Waals surface area (Å²) in [6.07, 6.45) is 2.16. The van der Waals surface area contributed by atoms with Crippen LogP contribution in [-0.2, 0) is 19.1 Å². The number of amides is 3. The third kappa shape index (κ3) is 7.01. The van der Waals surface area contributed by atoms with E-state index in [4.69, 9.17) is 10.5 Å². The summed E-state index contributed by atoms with van der Waals surface area (Å²) in [5.74, 6) is -1.43. The zero-order valence-corrected chi connectivity index (χ0v) is 15.3. The van der Waals surface area contributed by atoms with Gasteiger partial charge in [-0.25, -0.2) is 14.4 Å². The number of esters is 2. The summed E-state index contributed by atoms with van der Waals surface area (Å²) in [6.45, 7) is -0.579. The summed E-state index contributed by atoms with van der Waals surface area (Å²) >= 11 is 1.48. The van der Waals surface area contributed by atoms with Gasteiger partial charge in [0.2, 0.25) is 0 Å². The molecule has 0 aromatic heterocycles. The van der Waals surface area contributed by atoms with E-state index in [-0.39, 0.29) is 11.3 Å². The lowest BCUT2D eigenvalue weighted by Gasteiger charge is -2.16. The molecule has 9 nitrogen and oxygen atoms in total. The highest BCUT2D eigenvalue weighted by molar-refractivity contribution is 7.98. The Hall–Kier alpha value is -2.75. The van der Waals surface area contributed by atoms with E-state index in [0.29, 0.717) is 12.2 Å². The van der Waals surface area contributed by atoms with Crippen LogP contribution in [0.1, 0.15) is 16.8 Å². The molecule has 0 bridgehead atoms. The second-order valence-corrected chi connectivity index (χ2v) is 6.02. The molecule has 1 atom stereocenters. The maximum Gasteiger partial charge on any atom is 0.339 e. The lowest BCUT2D eigenvalue weighted by molar-refractivity contribution is -0.149. The molecule has 10 heteroatoms. The van der Waals surface area contributed by atoms with Gasteiger partial charge in [0.05, 0.1) is 18.4 Å². The molecule has 0 spiro atoms. The van der Waals surface area contributed by atoms with Gasteiger partial charge in [0.1, 0.15) is 6.04 Å². The lowest BCUT2D eigenvalue weighted by Crippen LogP contribution is -2.45. The van der Waals surface area contributed by atoms with Crippen molar-refractivity contribution in [2.75, 3.05) is 31.0 Å². The Labute approximate surface area is 155 Å². The molecule has 0 aliphatic heterocycles. The SMILES string of the molecule is COC(=O)c1ccccc1NC(=O)COC(=O)[C@@H](CCSC)NC(N)=O. The van der Waals surface area contributed by atoms with Crippen LogP contribution in [-0.4, -0.2) is 55.6 Å². The van der Waals surface area contributed by atoms with E-state index in [2.05, 4.69) is 15.4 Å². The summed E-state index contributed by atoms with van der Waals surface area (Å²) in [5.41, 5.74) is 5.43. The Morgan fingerprint density at radius 2 is 1.92 bits per heavy atom. The number of ether oxygens (including phenoxy) is 2. The van der Waals surface area contributed by atoms with Gasteiger partial charge in [-0.2, -0.15) is 11.8 Å². The smallest absolute Gasteiger partial charge is 0.339 e. The molecule has 0 fully saturated rings. The maximum absolute atomic E-state index is 12.0. The van der Waals surface area contributed by atoms with Crippen LogP contribution in [0.15, 0.2) is 24.3 Å². The molecule has 3 amide bonds. The number of primary amides is 1. The van der Waals surface area contributed by atoms with Crippen molar-refractivity contribution < 1.29 is 28.7 Å². The Kier molecular flexibility index (Phi) is 8.99. The Balaban J connectivity index is 2.64. The van der Waals surface area contributed by atoms with Crippen molar-refractivity contribution >= 4 is 41.3 Å². The fourth-order valence-electron chi connectivity index (χ4n) is 1.96. The van der Waals surface area contributed by atoms with Crippen LogP contribution >= 0.6 is 11.8 Å². The number of thioether (sulfide) groups is 1. The molecule has 4 N–H and O–H groups in total. The van der Waals surface area contributed by atoms with E-state index in [9.17, 15) is 19.2 Å². The van der Waals surface area contributed by atoms with Crippen LogP contribution in [0.3, 0.4) is 0 Å². The number of para-hydroxylation sites is 1. The Morgan fingerprint density at radius 3 is 2.54 bits per heavy atom. The normalized spacial score (nSPS) is 11.2. The van der Waals surface area contributed by atoms with E-state index in [0.717, 1.165) is 0 Å². The van der Waals surface area contributed by atoms with Crippen molar-refractivity contribution in [1.29, 1.82) is 0 Å². The van der Waals surface area contributed by atoms with Crippen molar-refractivity contribution in [3.8, 4) is 0 Å². The molecule has 1 aromatic rings. The summed E-state index contributed by atoms with van der Waals surface area (Å²) in [4.78, 5) is 46.6. The first-order chi connectivity index (χ1) is 12.4. The molecule has 1 rings (SSSR count). The summed E-state index contributed by atoms with van der Waals surface area (Å²) in [7, 11) is 1.23. The molecular weight excluding hydrogens is 362 g/mol. The number of methoxy groups -OCH3 is 1. The molecule has 0 saturated carbocycles. The Morgan fingerprint density at radius 1 is 1.23 bits per heavy atom. The molecule has 0 unspecified atom stereocenters. The van der Waals surface area contributed by atoms with Crippen molar-refractivity contribution in [1.82, 2.24) is 5.32 Å². The fraction of sp³-hybridized carbons (Fsp3) is 0.375. The highest BCUT2D eigenvalue weighted by atomic mass is 32.2. The second-order valence-electron chi connectivity index (χ2n) is 5.04. The predicted molar refractivity (Wildman–Crippen MR) is 96.9 cm³/mol. The zero-order valence-electron chi connectivity index (χ0n) is 14.4. The van der Waals surface area contributed by atoms with Gasteiger partial charge < -0.3 is 25.8 Å². The standard InChI is InChI=1S/C16H21N3O6S/c1-24-14(21)10-5-3-4-6-11(10)18-13(20)9-25-15(22)12(7-8-26-2)19-16(17)23/h3-6,12H,7-9H2,1-2H3,(H,18,20)(H3,17,19,23)/t12-/m1/s1. The second kappa shape index (κ2) is 11.0. The number of carbonyl (C=O) groups excluding carboxylic acids is 4. The summed E-state index contributed by atoms with van der Waals surface area (Å²) in [6, 6.07) is 4.46. The quantitative estimate of drug-likeness (QED) is 0.535. The van der Waals surface area contributed by atoms with Gasteiger partial charge in [-0.15, -0.1) is 0 Å². The Bertz CT molecular complexity index is 667. The van der Waals surface area contributed by atoms with E-state index >= 15 is 0 Å². The largest absolute Gasteiger partial charge is 0.465 e. The monoisotopic (exact) mass is 383 g/mol. The number of nitrogens with two attached hydrogens (primary N) is 1. The van der Waals surface area contributed by atoms with Gasteiger partial charge in [-0.3, -0.25) is 4.79 Å². The zero-order chi connectivity index (χ0) is 19.5. The van der Waals surface area contributed by atoms with Gasteiger partial charge in [-0.1, -0.05) is 12.1 Å². The molecule has 0 saturated heterocycles. The van der Waals surface area contributed by atoms with E-state index < -0.39 is 36.5 Å². The van der Waals surface area contributed by atoms with Gasteiger partial charge in [0.15, 0.2) is 6.61 Å². The van der Waals surface area contributed by atoms with Gasteiger partial charge in [0.25, 0.3) is 5.91 Å². The third-order valence-corrected chi connectivity index (χ3v) is 3.81. The number of rotatable bonds is 9. The van der Waals surface area contributed by atoms with Crippen LogP contribution in [0.5, 0.6) is 0 Å². The number of urea groups is 1. The van der Waals surface area contributed by atoms with E-state index in [1.54, 1.807) is 12.1 Å². The van der Waals surface area contributed by atoms with Crippen LogP contribution < -0.4 is 16.4 Å². The van der Waals surface area contributed by atoms with E-state index in [1.807, 2.05) is 6.26 Å². The number of nitrogens with one attached hydrogen (secondary N) is 2. The van der Waals surface area contributed by atoms with Gasteiger partial charge in [-0.05, 0) is 30.6 Å². The molecule has 0 radical (unpaired) electrons. The molecule has 26 heavy (non-hydrogen) atoms. The fourth-order valence-corrected chi connectivity index (χ4v) is 2.43. The van der Waals surface area contributed by atoms with Crippen LogP contribution in [0.25, 0.3) is 0 Å². The van der Waals surface area contributed by atoms with E-state index in [1.165, 1.54) is 31.0 Å². The molecular formula is C16H21N3O6S. The highest BCUT2D eigenvalue weighted by Gasteiger charge is 2.22. The van der Waals surface area contributed by atoms with Crippen molar-refractivity contribution in [3.05, 3.63) is 29.8 Å². The predicted octanol–water partition coefficient (Wildman–Crippen LogP) is 0.745. The first kappa shape index (κ1) is 21.3. The maximum atomic E-state index is 12.0. The molecule has 1 aromatic carbocycles. The van der Waals surface area contributed by atoms with Crippen LogP contribution in [0, 0.1) is 0 Å². The molecule has 0 aliphatic carbocycles. The van der Waals surface area contributed by atoms with Crippen molar-refractivity contribution in [2.45, 2.75) is 12.5 Å². The number of benzene rings is 1. The number of anilines is 1. The topological polar surface area (TPSA) is 137 Å².